The normalized spacial score (nSPS) is 9.95. The highest BCUT2D eigenvalue weighted by atomic mass is 16.5. The highest BCUT2D eigenvalue weighted by Gasteiger charge is 2.10. The van der Waals surface area contributed by atoms with Crippen LogP contribution in [0.3, 0.4) is 0 Å². The summed E-state index contributed by atoms with van der Waals surface area (Å²) in [4.78, 5) is 11.0. The molecule has 0 radical (unpaired) electrons. The molecule has 100 valence electrons. The molecule has 1 amide bonds. The number of nitrogens with one attached hydrogen (secondary N) is 1. The molecule has 2 N–H and O–H groups in total. The number of carbonyl (C=O) groups excluding carboxylic acids is 1. The predicted molar refractivity (Wildman–Crippen MR) is 67.2 cm³/mol. The summed E-state index contributed by atoms with van der Waals surface area (Å²) in [6.45, 7) is 0. The van der Waals surface area contributed by atoms with Crippen LogP contribution in [0, 0.1) is 11.3 Å². The zero-order valence-electron chi connectivity index (χ0n) is 10.5. The summed E-state index contributed by atoms with van der Waals surface area (Å²) in [6.07, 6.45) is 1.08. The molecular formula is C12H13N3O4. The van der Waals surface area contributed by atoms with Gasteiger partial charge < -0.3 is 14.6 Å². The molecule has 0 aliphatic carbocycles. The Morgan fingerprint density at radius 1 is 1.47 bits per heavy atom. The molecule has 0 unspecified atom stereocenters. The van der Waals surface area contributed by atoms with Crippen molar-refractivity contribution in [3.05, 3.63) is 17.7 Å². The lowest BCUT2D eigenvalue weighted by Crippen LogP contribution is -2.16. The average Bonchev–Trinajstić information content (AvgIpc) is 2.40. The van der Waals surface area contributed by atoms with Gasteiger partial charge in [0, 0.05) is 5.56 Å². The Labute approximate surface area is 110 Å². The van der Waals surface area contributed by atoms with Gasteiger partial charge in [-0.15, -0.1) is 0 Å². The topological polar surface area (TPSA) is 104 Å². The van der Waals surface area contributed by atoms with Crippen LogP contribution in [0.1, 0.15) is 12.0 Å². The van der Waals surface area contributed by atoms with Crippen LogP contribution in [0.4, 0.5) is 0 Å². The van der Waals surface area contributed by atoms with Crippen LogP contribution >= 0.6 is 0 Å². The molecule has 19 heavy (non-hydrogen) atoms. The van der Waals surface area contributed by atoms with Gasteiger partial charge in [-0.1, -0.05) is 0 Å². The van der Waals surface area contributed by atoms with Crippen molar-refractivity contribution in [1.82, 2.24) is 5.43 Å². The lowest BCUT2D eigenvalue weighted by molar-refractivity contribution is -0.120. The number of ether oxygens (including phenoxy) is 2. The maximum absolute atomic E-state index is 11.0. The van der Waals surface area contributed by atoms with Crippen molar-refractivity contribution in [3.8, 4) is 23.3 Å². The number of hydrogen-bond donors (Lipinski definition) is 2. The Balaban J connectivity index is 2.87. The molecular weight excluding hydrogens is 250 g/mol. The van der Waals surface area contributed by atoms with Gasteiger partial charge in [-0.05, 0) is 12.1 Å². The van der Waals surface area contributed by atoms with Gasteiger partial charge in [-0.2, -0.15) is 10.4 Å². The standard InChI is InChI=1S/C12H13N3O4/c1-18-9-5-8(6-10(19-2)12(9)17)7-14-15-11(16)3-4-13/h5-7,17H,3H2,1-2H3,(H,15,16)/b14-7+. The fraction of sp³-hybridized carbons (Fsp3) is 0.250. The number of nitriles is 1. The van der Waals surface area contributed by atoms with Crippen molar-refractivity contribution >= 4 is 12.1 Å². The van der Waals surface area contributed by atoms with E-state index in [0.29, 0.717) is 5.56 Å². The van der Waals surface area contributed by atoms with Crippen molar-refractivity contribution in [3.63, 3.8) is 0 Å². The number of benzene rings is 1. The number of phenolic OH excluding ortho intramolecular Hbond substituents is 1. The molecule has 1 rings (SSSR count). The monoisotopic (exact) mass is 263 g/mol. The molecule has 7 heteroatoms. The highest BCUT2D eigenvalue weighted by Crippen LogP contribution is 2.36. The van der Waals surface area contributed by atoms with Gasteiger partial charge in [0.2, 0.25) is 5.75 Å². The third kappa shape index (κ3) is 3.89. The summed E-state index contributed by atoms with van der Waals surface area (Å²) in [6, 6.07) is 4.75. The van der Waals surface area contributed by atoms with E-state index in [1.807, 2.05) is 0 Å². The molecule has 1 aromatic rings. The number of phenols is 1. The molecule has 0 fully saturated rings. The van der Waals surface area contributed by atoms with Gasteiger partial charge in [-0.25, -0.2) is 5.43 Å². The molecule has 0 aliphatic heterocycles. The van der Waals surface area contributed by atoms with E-state index in [1.165, 1.54) is 32.6 Å². The molecule has 0 heterocycles. The first-order valence-electron chi connectivity index (χ1n) is 5.26. The molecule has 7 nitrogen and oxygen atoms in total. The number of methoxy groups -OCH3 is 2. The quantitative estimate of drug-likeness (QED) is 0.603. The second kappa shape index (κ2) is 6.86. The van der Waals surface area contributed by atoms with Crippen molar-refractivity contribution in [1.29, 1.82) is 5.26 Å². The molecule has 0 aromatic heterocycles. The van der Waals surface area contributed by atoms with E-state index in [4.69, 9.17) is 14.7 Å². The Hall–Kier alpha value is -2.75. The van der Waals surface area contributed by atoms with Gasteiger partial charge in [0.15, 0.2) is 11.5 Å². The maximum atomic E-state index is 11.0. The van der Waals surface area contributed by atoms with E-state index in [0.717, 1.165) is 0 Å². The molecule has 0 atom stereocenters. The van der Waals surface area contributed by atoms with Gasteiger partial charge in [0.1, 0.15) is 6.42 Å². The van der Waals surface area contributed by atoms with Crippen molar-refractivity contribution in [2.45, 2.75) is 6.42 Å². The Kier molecular flexibility index (Phi) is 5.17. The summed E-state index contributed by atoms with van der Waals surface area (Å²) in [7, 11) is 2.81. The fourth-order valence-electron chi connectivity index (χ4n) is 1.28. The number of rotatable bonds is 5. The van der Waals surface area contributed by atoms with Gasteiger partial charge in [0.05, 0.1) is 26.5 Å². The SMILES string of the molecule is COc1cc(/C=N/NC(=O)CC#N)cc(OC)c1O. The van der Waals surface area contributed by atoms with Crippen LogP contribution in [0.5, 0.6) is 17.2 Å². The van der Waals surface area contributed by atoms with Crippen molar-refractivity contribution < 1.29 is 19.4 Å². The van der Waals surface area contributed by atoms with Crippen LogP contribution in [0.15, 0.2) is 17.2 Å². The van der Waals surface area contributed by atoms with Crippen molar-refractivity contribution in [2.24, 2.45) is 5.10 Å². The van der Waals surface area contributed by atoms with Gasteiger partial charge in [0.25, 0.3) is 5.91 Å². The lowest BCUT2D eigenvalue weighted by atomic mass is 10.2. The Morgan fingerprint density at radius 3 is 2.53 bits per heavy atom. The molecule has 0 saturated heterocycles. The minimum absolute atomic E-state index is 0.115. The maximum Gasteiger partial charge on any atom is 0.254 e. The zero-order chi connectivity index (χ0) is 14.3. The van der Waals surface area contributed by atoms with Gasteiger partial charge in [-0.3, -0.25) is 4.79 Å². The lowest BCUT2D eigenvalue weighted by Gasteiger charge is -2.09. The van der Waals surface area contributed by atoms with Crippen LogP contribution in [-0.2, 0) is 4.79 Å². The van der Waals surface area contributed by atoms with E-state index in [9.17, 15) is 9.90 Å². The molecule has 0 bridgehead atoms. The van der Waals surface area contributed by atoms with E-state index in [-0.39, 0.29) is 23.7 Å². The second-order valence-corrected chi connectivity index (χ2v) is 3.40. The highest BCUT2D eigenvalue weighted by molar-refractivity contribution is 5.84. The summed E-state index contributed by atoms with van der Waals surface area (Å²) in [5.41, 5.74) is 2.74. The number of hydrogen-bond acceptors (Lipinski definition) is 6. The zero-order valence-corrected chi connectivity index (χ0v) is 10.5. The number of aromatic hydroxyl groups is 1. The molecule has 0 spiro atoms. The van der Waals surface area contributed by atoms with E-state index in [2.05, 4.69) is 10.5 Å². The Morgan fingerprint density at radius 2 is 2.05 bits per heavy atom. The number of carbonyl (C=O) groups is 1. The van der Waals surface area contributed by atoms with Crippen LogP contribution in [0.2, 0.25) is 0 Å². The third-order valence-corrected chi connectivity index (χ3v) is 2.14. The summed E-state index contributed by atoms with van der Waals surface area (Å²) < 4.78 is 9.94. The minimum Gasteiger partial charge on any atom is -0.502 e. The van der Waals surface area contributed by atoms with E-state index < -0.39 is 5.91 Å². The third-order valence-electron chi connectivity index (χ3n) is 2.14. The number of hydrazone groups is 1. The first-order chi connectivity index (χ1) is 9.12. The summed E-state index contributed by atoms with van der Waals surface area (Å²) in [5.74, 6) is -0.166. The fourth-order valence-corrected chi connectivity index (χ4v) is 1.28. The first-order valence-corrected chi connectivity index (χ1v) is 5.26. The minimum atomic E-state index is -0.503. The largest absolute Gasteiger partial charge is 0.502 e. The average molecular weight is 263 g/mol. The second-order valence-electron chi connectivity index (χ2n) is 3.40. The molecule has 0 saturated carbocycles. The van der Waals surface area contributed by atoms with Crippen LogP contribution in [-0.4, -0.2) is 31.4 Å². The predicted octanol–water partition coefficient (Wildman–Crippen LogP) is 0.773. The first kappa shape index (κ1) is 14.3. The van der Waals surface area contributed by atoms with Crippen LogP contribution < -0.4 is 14.9 Å². The smallest absolute Gasteiger partial charge is 0.254 e. The van der Waals surface area contributed by atoms with Crippen molar-refractivity contribution in [2.75, 3.05) is 14.2 Å². The number of nitrogens with zero attached hydrogens (tertiary/aromatic N) is 2. The summed E-state index contributed by atoms with van der Waals surface area (Å²) >= 11 is 0. The number of amides is 1. The van der Waals surface area contributed by atoms with E-state index in [1.54, 1.807) is 6.07 Å². The van der Waals surface area contributed by atoms with Crippen LogP contribution in [0.25, 0.3) is 0 Å². The summed E-state index contributed by atoms with van der Waals surface area (Å²) in [5, 5.41) is 21.7. The van der Waals surface area contributed by atoms with Gasteiger partial charge >= 0.3 is 0 Å². The molecule has 0 aliphatic rings. The Bertz CT molecular complexity index is 509. The molecule has 1 aromatic carbocycles. The van der Waals surface area contributed by atoms with E-state index >= 15 is 0 Å².